The van der Waals surface area contributed by atoms with Crippen molar-refractivity contribution in [3.05, 3.63) is 29.6 Å². The zero-order valence-electron chi connectivity index (χ0n) is 15.9. The maximum Gasteiger partial charge on any atom is 0.236 e. The van der Waals surface area contributed by atoms with Crippen molar-refractivity contribution in [3.8, 4) is 0 Å². The summed E-state index contributed by atoms with van der Waals surface area (Å²) in [6, 6.07) is 6.09. The smallest absolute Gasteiger partial charge is 0.236 e. The minimum Gasteiger partial charge on any atom is -0.349 e. The zero-order chi connectivity index (χ0) is 18.4. The SMILES string of the molecule is CN(C)C(=O)CCc1cccc([C@H]2CCCN(CC(=O)N(C)C)C2)n1. The third kappa shape index (κ3) is 5.81. The van der Waals surface area contributed by atoms with Gasteiger partial charge in [-0.25, -0.2) is 0 Å². The number of rotatable bonds is 6. The van der Waals surface area contributed by atoms with Gasteiger partial charge in [0.25, 0.3) is 0 Å². The van der Waals surface area contributed by atoms with Crippen LogP contribution in [0, 0.1) is 0 Å². The summed E-state index contributed by atoms with van der Waals surface area (Å²) >= 11 is 0. The van der Waals surface area contributed by atoms with Crippen LogP contribution in [0.5, 0.6) is 0 Å². The number of likely N-dealkylation sites (tertiary alicyclic amines) is 1. The monoisotopic (exact) mass is 346 g/mol. The Morgan fingerprint density at radius 1 is 1.16 bits per heavy atom. The summed E-state index contributed by atoms with van der Waals surface area (Å²) in [5, 5.41) is 0. The van der Waals surface area contributed by atoms with E-state index >= 15 is 0 Å². The second kappa shape index (κ2) is 8.94. The summed E-state index contributed by atoms with van der Waals surface area (Å²) in [6.07, 6.45) is 3.33. The maximum atomic E-state index is 11.9. The second-order valence-electron chi connectivity index (χ2n) is 7.20. The second-order valence-corrected chi connectivity index (χ2v) is 7.20. The molecule has 0 unspecified atom stereocenters. The molecule has 0 bridgehead atoms. The Bertz CT molecular complexity index is 601. The van der Waals surface area contributed by atoms with Crippen molar-refractivity contribution in [2.45, 2.75) is 31.6 Å². The fourth-order valence-electron chi connectivity index (χ4n) is 3.10. The van der Waals surface area contributed by atoms with E-state index in [-0.39, 0.29) is 11.8 Å². The van der Waals surface area contributed by atoms with E-state index in [2.05, 4.69) is 11.0 Å². The molecular weight excluding hydrogens is 316 g/mol. The van der Waals surface area contributed by atoms with Crippen LogP contribution in [-0.2, 0) is 16.0 Å². The minimum atomic E-state index is 0.123. The van der Waals surface area contributed by atoms with Gasteiger partial charge >= 0.3 is 0 Å². The first-order valence-corrected chi connectivity index (χ1v) is 8.95. The van der Waals surface area contributed by atoms with Crippen molar-refractivity contribution in [2.24, 2.45) is 0 Å². The lowest BCUT2D eigenvalue weighted by Crippen LogP contribution is -2.41. The highest BCUT2D eigenvalue weighted by molar-refractivity contribution is 5.77. The Balaban J connectivity index is 1.97. The van der Waals surface area contributed by atoms with Crippen LogP contribution in [0.25, 0.3) is 0 Å². The van der Waals surface area contributed by atoms with Crippen LogP contribution in [-0.4, -0.2) is 79.3 Å². The standard InChI is InChI=1S/C19H30N4O2/c1-21(2)18(24)11-10-16-8-5-9-17(20-16)15-7-6-12-23(13-15)14-19(25)22(3)4/h5,8-9,15H,6-7,10-14H2,1-4H3/t15-/m0/s1. The average molecular weight is 346 g/mol. The first kappa shape index (κ1) is 19.4. The first-order valence-electron chi connectivity index (χ1n) is 8.95. The third-order valence-corrected chi connectivity index (χ3v) is 4.70. The number of piperidine rings is 1. The van der Waals surface area contributed by atoms with Crippen molar-refractivity contribution in [2.75, 3.05) is 47.8 Å². The summed E-state index contributed by atoms with van der Waals surface area (Å²) in [7, 11) is 7.14. The van der Waals surface area contributed by atoms with Crippen molar-refractivity contribution >= 4 is 11.8 Å². The molecule has 1 aromatic rings. The Labute approximate surface area is 150 Å². The molecule has 0 saturated carbocycles. The van der Waals surface area contributed by atoms with Crippen molar-refractivity contribution in [1.29, 1.82) is 0 Å². The van der Waals surface area contributed by atoms with Crippen LogP contribution in [0.2, 0.25) is 0 Å². The van der Waals surface area contributed by atoms with Gasteiger partial charge in [-0.1, -0.05) is 6.07 Å². The Morgan fingerprint density at radius 2 is 1.88 bits per heavy atom. The third-order valence-electron chi connectivity index (χ3n) is 4.70. The van der Waals surface area contributed by atoms with Gasteiger partial charge in [0.2, 0.25) is 11.8 Å². The summed E-state index contributed by atoms with van der Waals surface area (Å²) in [5.74, 6) is 0.621. The molecule has 1 aliphatic heterocycles. The van der Waals surface area contributed by atoms with E-state index in [4.69, 9.17) is 4.98 Å². The largest absolute Gasteiger partial charge is 0.349 e. The molecule has 1 fully saturated rings. The molecule has 2 amide bonds. The molecule has 2 rings (SSSR count). The number of pyridine rings is 1. The molecule has 1 atom stereocenters. The molecule has 1 aromatic heterocycles. The number of amides is 2. The van der Waals surface area contributed by atoms with Crippen molar-refractivity contribution < 1.29 is 9.59 Å². The van der Waals surface area contributed by atoms with E-state index in [1.807, 2.05) is 12.1 Å². The predicted octanol–water partition coefficient (Wildman–Crippen LogP) is 1.37. The molecule has 6 heteroatoms. The highest BCUT2D eigenvalue weighted by Crippen LogP contribution is 2.25. The number of nitrogens with zero attached hydrogens (tertiary/aromatic N) is 4. The number of hydrogen-bond acceptors (Lipinski definition) is 4. The van der Waals surface area contributed by atoms with Crippen LogP contribution in [0.15, 0.2) is 18.2 Å². The number of aryl methyl sites for hydroxylation is 1. The fourth-order valence-corrected chi connectivity index (χ4v) is 3.10. The molecule has 1 aliphatic rings. The number of carbonyl (C=O) groups excluding carboxylic acids is 2. The molecule has 1 saturated heterocycles. The van der Waals surface area contributed by atoms with Crippen LogP contribution < -0.4 is 0 Å². The summed E-state index contributed by atoms with van der Waals surface area (Å²) in [4.78, 5) is 34.0. The van der Waals surface area contributed by atoms with Gasteiger partial charge in [-0.2, -0.15) is 0 Å². The van der Waals surface area contributed by atoms with Gasteiger partial charge in [-0.3, -0.25) is 19.5 Å². The lowest BCUT2D eigenvalue weighted by atomic mass is 9.94. The van der Waals surface area contributed by atoms with Crippen molar-refractivity contribution in [1.82, 2.24) is 19.7 Å². The lowest BCUT2D eigenvalue weighted by molar-refractivity contribution is -0.130. The lowest BCUT2D eigenvalue weighted by Gasteiger charge is -2.32. The van der Waals surface area contributed by atoms with E-state index in [1.165, 1.54) is 0 Å². The quantitative estimate of drug-likeness (QED) is 0.781. The van der Waals surface area contributed by atoms with E-state index < -0.39 is 0 Å². The highest BCUT2D eigenvalue weighted by Gasteiger charge is 2.24. The number of carbonyl (C=O) groups is 2. The van der Waals surface area contributed by atoms with Gasteiger partial charge in [0.05, 0.1) is 6.54 Å². The molecule has 0 aliphatic carbocycles. The molecule has 25 heavy (non-hydrogen) atoms. The van der Waals surface area contributed by atoms with Gasteiger partial charge in [0.1, 0.15) is 0 Å². The van der Waals surface area contributed by atoms with E-state index in [1.54, 1.807) is 38.0 Å². The molecule has 138 valence electrons. The van der Waals surface area contributed by atoms with E-state index in [0.717, 1.165) is 37.3 Å². The Kier molecular flexibility index (Phi) is 6.93. The van der Waals surface area contributed by atoms with E-state index in [0.29, 0.717) is 25.3 Å². The van der Waals surface area contributed by atoms with Gasteiger partial charge in [0, 0.05) is 58.5 Å². The zero-order valence-corrected chi connectivity index (χ0v) is 15.9. The van der Waals surface area contributed by atoms with Crippen molar-refractivity contribution in [3.63, 3.8) is 0 Å². The van der Waals surface area contributed by atoms with Gasteiger partial charge < -0.3 is 9.80 Å². The van der Waals surface area contributed by atoms with E-state index in [9.17, 15) is 9.59 Å². The van der Waals surface area contributed by atoms with Gasteiger partial charge in [-0.05, 0) is 37.9 Å². The normalized spacial score (nSPS) is 18.0. The minimum absolute atomic E-state index is 0.123. The van der Waals surface area contributed by atoms with Gasteiger partial charge in [0.15, 0.2) is 0 Å². The summed E-state index contributed by atoms with van der Waals surface area (Å²) in [6.45, 7) is 2.31. The Hall–Kier alpha value is -1.95. The summed E-state index contributed by atoms with van der Waals surface area (Å²) < 4.78 is 0. The molecule has 6 nitrogen and oxygen atoms in total. The Morgan fingerprint density at radius 3 is 2.56 bits per heavy atom. The molecule has 0 spiro atoms. The van der Waals surface area contributed by atoms with Crippen LogP contribution in [0.3, 0.4) is 0 Å². The van der Waals surface area contributed by atoms with Crippen LogP contribution in [0.4, 0.5) is 0 Å². The summed E-state index contributed by atoms with van der Waals surface area (Å²) in [5.41, 5.74) is 2.05. The molecule has 0 aromatic carbocycles. The predicted molar refractivity (Wildman–Crippen MR) is 98.4 cm³/mol. The topological polar surface area (TPSA) is 56.8 Å². The first-order chi connectivity index (χ1) is 11.9. The highest BCUT2D eigenvalue weighted by atomic mass is 16.2. The average Bonchev–Trinajstić information content (AvgIpc) is 2.60. The molecule has 0 N–H and O–H groups in total. The number of likely N-dealkylation sites (N-methyl/N-ethyl adjacent to an activating group) is 1. The molecule has 2 heterocycles. The number of hydrogen-bond donors (Lipinski definition) is 0. The fraction of sp³-hybridized carbons (Fsp3) is 0.632. The molecule has 0 radical (unpaired) electrons. The van der Waals surface area contributed by atoms with Crippen LogP contribution in [0.1, 0.15) is 36.6 Å². The molecular formula is C19H30N4O2. The maximum absolute atomic E-state index is 11.9. The van der Waals surface area contributed by atoms with Crippen LogP contribution >= 0.6 is 0 Å². The number of aromatic nitrogens is 1. The van der Waals surface area contributed by atoms with Gasteiger partial charge in [-0.15, -0.1) is 0 Å².